The van der Waals surface area contributed by atoms with Gasteiger partial charge in [-0.2, -0.15) is 0 Å². The largest absolute Gasteiger partial charge is 0.360 e. The number of rotatable bonds is 3. The highest BCUT2D eigenvalue weighted by molar-refractivity contribution is 6.35. The molecule has 0 bridgehead atoms. The first kappa shape index (κ1) is 10.5. The van der Waals surface area contributed by atoms with Gasteiger partial charge in [0.15, 0.2) is 0 Å². The van der Waals surface area contributed by atoms with Crippen LogP contribution in [0.15, 0.2) is 18.3 Å². The lowest BCUT2D eigenvalue weighted by Gasteiger charge is -1.99. The first-order valence-electron chi connectivity index (χ1n) is 4.87. The molecule has 0 saturated heterocycles. The van der Waals surface area contributed by atoms with Gasteiger partial charge in [-0.25, -0.2) is 4.39 Å². The summed E-state index contributed by atoms with van der Waals surface area (Å²) in [6.45, 7) is 0.635. The lowest BCUT2D eigenvalue weighted by Crippen LogP contribution is -1.99. The summed E-state index contributed by atoms with van der Waals surface area (Å²) in [6, 6.07) is 2.82. The molecular formula is C11H12ClFN2. The van der Waals surface area contributed by atoms with E-state index in [4.69, 9.17) is 17.3 Å². The number of fused-ring (bicyclic) bond motifs is 1. The molecular weight excluding hydrogens is 215 g/mol. The van der Waals surface area contributed by atoms with E-state index in [1.54, 1.807) is 0 Å². The molecule has 2 rings (SSSR count). The molecule has 15 heavy (non-hydrogen) atoms. The van der Waals surface area contributed by atoms with Crippen LogP contribution >= 0.6 is 11.6 Å². The Hall–Kier alpha value is -1.06. The molecule has 1 heterocycles. The average Bonchev–Trinajstić information content (AvgIpc) is 2.58. The van der Waals surface area contributed by atoms with Crippen molar-refractivity contribution in [1.82, 2.24) is 4.98 Å². The fraction of sp³-hybridized carbons (Fsp3) is 0.273. The summed E-state index contributed by atoms with van der Waals surface area (Å²) < 4.78 is 13.2. The Morgan fingerprint density at radius 2 is 2.20 bits per heavy atom. The Morgan fingerprint density at radius 1 is 1.40 bits per heavy atom. The lowest BCUT2D eigenvalue weighted by atomic mass is 10.1. The summed E-state index contributed by atoms with van der Waals surface area (Å²) in [4.78, 5) is 3.05. The third-order valence-electron chi connectivity index (χ3n) is 2.44. The van der Waals surface area contributed by atoms with Crippen LogP contribution < -0.4 is 5.73 Å². The molecule has 3 N–H and O–H groups in total. The second-order valence-corrected chi connectivity index (χ2v) is 3.92. The fourth-order valence-corrected chi connectivity index (χ4v) is 1.97. The van der Waals surface area contributed by atoms with Crippen LogP contribution in [0, 0.1) is 5.82 Å². The monoisotopic (exact) mass is 226 g/mol. The van der Waals surface area contributed by atoms with Gasteiger partial charge in [0.05, 0.1) is 10.5 Å². The molecule has 0 aliphatic rings. The fourth-order valence-electron chi connectivity index (χ4n) is 1.71. The zero-order valence-electron chi connectivity index (χ0n) is 8.19. The van der Waals surface area contributed by atoms with Crippen LogP contribution in [0.4, 0.5) is 4.39 Å². The minimum atomic E-state index is -0.305. The van der Waals surface area contributed by atoms with Gasteiger partial charge >= 0.3 is 0 Å². The van der Waals surface area contributed by atoms with E-state index >= 15 is 0 Å². The van der Waals surface area contributed by atoms with E-state index in [-0.39, 0.29) is 5.82 Å². The maximum absolute atomic E-state index is 13.2. The zero-order valence-corrected chi connectivity index (χ0v) is 8.94. The summed E-state index contributed by atoms with van der Waals surface area (Å²) in [5.41, 5.74) is 7.30. The van der Waals surface area contributed by atoms with Crippen molar-refractivity contribution in [3.8, 4) is 0 Å². The second-order valence-electron chi connectivity index (χ2n) is 3.52. The highest BCUT2D eigenvalue weighted by Crippen LogP contribution is 2.27. The van der Waals surface area contributed by atoms with Gasteiger partial charge in [0, 0.05) is 11.6 Å². The van der Waals surface area contributed by atoms with Gasteiger partial charge in [0.1, 0.15) is 5.82 Å². The van der Waals surface area contributed by atoms with Gasteiger partial charge in [-0.1, -0.05) is 11.6 Å². The molecule has 2 aromatic rings. The van der Waals surface area contributed by atoms with E-state index < -0.39 is 0 Å². The number of aromatic amines is 1. The number of halogens is 2. The summed E-state index contributed by atoms with van der Waals surface area (Å²) in [6.07, 6.45) is 3.60. The molecule has 80 valence electrons. The number of aromatic nitrogens is 1. The molecule has 4 heteroatoms. The third kappa shape index (κ3) is 1.98. The molecule has 0 unspecified atom stereocenters. The molecule has 0 saturated carbocycles. The van der Waals surface area contributed by atoms with Crippen molar-refractivity contribution in [2.45, 2.75) is 12.8 Å². The van der Waals surface area contributed by atoms with Crippen molar-refractivity contribution in [3.05, 3.63) is 34.7 Å². The average molecular weight is 227 g/mol. The molecule has 2 nitrogen and oxygen atoms in total. The number of nitrogens with two attached hydrogens (primary N) is 1. The highest BCUT2D eigenvalue weighted by Gasteiger charge is 2.08. The summed E-state index contributed by atoms with van der Waals surface area (Å²) in [5, 5.41) is 1.28. The van der Waals surface area contributed by atoms with Crippen LogP contribution in [0.25, 0.3) is 10.9 Å². The van der Waals surface area contributed by atoms with Crippen LogP contribution in [-0.4, -0.2) is 11.5 Å². The molecule has 0 spiro atoms. The molecule has 0 atom stereocenters. The molecule has 1 aromatic heterocycles. The molecule has 1 aromatic carbocycles. The van der Waals surface area contributed by atoms with Gasteiger partial charge in [-0.3, -0.25) is 0 Å². The van der Waals surface area contributed by atoms with Crippen LogP contribution in [0.2, 0.25) is 5.02 Å². The van der Waals surface area contributed by atoms with Crippen molar-refractivity contribution in [2.75, 3.05) is 6.54 Å². The SMILES string of the molecule is NCCCc1c[nH]c2c(Cl)cc(F)cc12. The molecule has 0 fully saturated rings. The molecule has 0 amide bonds. The van der Waals surface area contributed by atoms with E-state index in [0.29, 0.717) is 11.6 Å². The predicted octanol–water partition coefficient (Wildman–Crippen LogP) is 2.85. The van der Waals surface area contributed by atoms with E-state index in [0.717, 1.165) is 29.3 Å². The minimum absolute atomic E-state index is 0.305. The molecule has 0 aliphatic carbocycles. The Labute approximate surface area is 92.2 Å². The van der Waals surface area contributed by atoms with E-state index in [1.165, 1.54) is 12.1 Å². The number of hydrogen-bond donors (Lipinski definition) is 2. The number of benzene rings is 1. The second kappa shape index (κ2) is 4.21. The number of nitrogens with one attached hydrogen (secondary N) is 1. The first-order chi connectivity index (χ1) is 7.22. The predicted molar refractivity (Wildman–Crippen MR) is 60.6 cm³/mol. The standard InChI is InChI=1S/C11H12ClFN2/c12-10-5-8(13)4-9-7(2-1-3-14)6-15-11(9)10/h4-6,15H,1-3,14H2. The van der Waals surface area contributed by atoms with Gasteiger partial charge in [-0.05, 0) is 37.1 Å². The quantitative estimate of drug-likeness (QED) is 0.830. The van der Waals surface area contributed by atoms with Crippen molar-refractivity contribution in [1.29, 1.82) is 0 Å². The van der Waals surface area contributed by atoms with Gasteiger partial charge in [0.25, 0.3) is 0 Å². The van der Waals surface area contributed by atoms with Gasteiger partial charge in [0.2, 0.25) is 0 Å². The normalized spacial score (nSPS) is 11.1. The number of hydrogen-bond acceptors (Lipinski definition) is 1. The number of aryl methyl sites for hydroxylation is 1. The Morgan fingerprint density at radius 3 is 2.93 bits per heavy atom. The van der Waals surface area contributed by atoms with Crippen LogP contribution in [-0.2, 0) is 6.42 Å². The van der Waals surface area contributed by atoms with E-state index in [1.807, 2.05) is 6.20 Å². The smallest absolute Gasteiger partial charge is 0.125 e. The van der Waals surface area contributed by atoms with Crippen molar-refractivity contribution < 1.29 is 4.39 Å². The Bertz CT molecular complexity index is 479. The maximum atomic E-state index is 13.2. The third-order valence-corrected chi connectivity index (χ3v) is 2.74. The van der Waals surface area contributed by atoms with Crippen LogP contribution in [0.5, 0.6) is 0 Å². The first-order valence-corrected chi connectivity index (χ1v) is 5.25. The van der Waals surface area contributed by atoms with Crippen LogP contribution in [0.1, 0.15) is 12.0 Å². The van der Waals surface area contributed by atoms with Crippen LogP contribution in [0.3, 0.4) is 0 Å². The Kier molecular flexibility index (Phi) is 2.93. The minimum Gasteiger partial charge on any atom is -0.360 e. The van der Waals surface area contributed by atoms with Crippen molar-refractivity contribution >= 4 is 22.5 Å². The topological polar surface area (TPSA) is 41.8 Å². The lowest BCUT2D eigenvalue weighted by molar-refractivity contribution is 0.629. The molecule has 0 aliphatic heterocycles. The zero-order chi connectivity index (χ0) is 10.8. The number of H-pyrrole nitrogens is 1. The van der Waals surface area contributed by atoms with Crippen molar-refractivity contribution in [2.24, 2.45) is 5.73 Å². The Balaban J connectivity index is 2.49. The highest BCUT2D eigenvalue weighted by atomic mass is 35.5. The molecule has 0 radical (unpaired) electrons. The van der Waals surface area contributed by atoms with Gasteiger partial charge < -0.3 is 10.7 Å². The van der Waals surface area contributed by atoms with Gasteiger partial charge in [-0.15, -0.1) is 0 Å². The van der Waals surface area contributed by atoms with E-state index in [2.05, 4.69) is 4.98 Å². The summed E-state index contributed by atoms with van der Waals surface area (Å²) in [7, 11) is 0. The summed E-state index contributed by atoms with van der Waals surface area (Å²) >= 11 is 5.91. The summed E-state index contributed by atoms with van der Waals surface area (Å²) in [5.74, 6) is -0.305. The van der Waals surface area contributed by atoms with Crippen molar-refractivity contribution in [3.63, 3.8) is 0 Å². The maximum Gasteiger partial charge on any atom is 0.125 e. The van der Waals surface area contributed by atoms with E-state index in [9.17, 15) is 4.39 Å².